The van der Waals surface area contributed by atoms with Crippen LogP contribution in [0.4, 0.5) is 0 Å². The summed E-state index contributed by atoms with van der Waals surface area (Å²) in [6.45, 7) is 1.58. The molecule has 0 aliphatic carbocycles. The number of carbonyl (C=O) groups excluding carboxylic acids is 1. The molecule has 4 heteroatoms. The summed E-state index contributed by atoms with van der Waals surface area (Å²) in [7, 11) is 1.59. The average molecular weight is 152 g/mol. The average Bonchev–Trinajstić information content (AvgIpc) is 1.99. The molecule has 0 N–H and O–H groups in total. The van der Waals surface area contributed by atoms with E-state index in [4.69, 9.17) is 0 Å². The van der Waals surface area contributed by atoms with Gasteiger partial charge in [0.2, 0.25) is 0 Å². The fourth-order valence-corrected chi connectivity index (χ4v) is 0.839. The summed E-state index contributed by atoms with van der Waals surface area (Å²) in [4.78, 5) is 25.0. The smallest absolute Gasteiger partial charge is 0.271 e. The molecule has 1 heterocycles. The van der Waals surface area contributed by atoms with Gasteiger partial charge < -0.3 is 4.57 Å². The summed E-state index contributed by atoms with van der Waals surface area (Å²) in [5, 5.41) is 0. The van der Waals surface area contributed by atoms with Crippen LogP contribution in [0.5, 0.6) is 0 Å². The second-order valence-electron chi connectivity index (χ2n) is 2.29. The topological polar surface area (TPSA) is 52.0 Å². The highest BCUT2D eigenvalue weighted by Crippen LogP contribution is 1.87. The summed E-state index contributed by atoms with van der Waals surface area (Å²) < 4.78 is 1.34. The predicted molar refractivity (Wildman–Crippen MR) is 39.6 cm³/mol. The van der Waals surface area contributed by atoms with Gasteiger partial charge in [-0.3, -0.25) is 9.59 Å². The Morgan fingerprint density at radius 1 is 1.64 bits per heavy atom. The van der Waals surface area contributed by atoms with E-state index in [2.05, 4.69) is 4.98 Å². The SMILES string of the molecule is Cc1nc(C=O)cn(C)c1=O. The lowest BCUT2D eigenvalue weighted by Gasteiger charge is -1.98. The van der Waals surface area contributed by atoms with Gasteiger partial charge in [0.1, 0.15) is 11.4 Å². The molecular weight excluding hydrogens is 144 g/mol. The second-order valence-corrected chi connectivity index (χ2v) is 2.29. The zero-order chi connectivity index (χ0) is 8.43. The predicted octanol–water partition coefficient (Wildman–Crippen LogP) is -0.0988. The lowest BCUT2D eigenvalue weighted by atomic mass is 10.4. The molecule has 0 amide bonds. The molecule has 4 nitrogen and oxygen atoms in total. The number of aromatic nitrogens is 2. The minimum Gasteiger partial charge on any atom is -0.315 e. The molecule has 0 atom stereocenters. The van der Waals surface area contributed by atoms with Crippen LogP contribution in [0, 0.1) is 6.92 Å². The Morgan fingerprint density at radius 3 is 2.73 bits per heavy atom. The summed E-state index contributed by atoms with van der Waals surface area (Å²) in [5.41, 5.74) is 0.456. The van der Waals surface area contributed by atoms with E-state index in [9.17, 15) is 9.59 Å². The molecule has 0 aliphatic heterocycles. The number of aryl methyl sites for hydroxylation is 2. The Labute approximate surface area is 63.5 Å². The summed E-state index contributed by atoms with van der Waals surface area (Å²) in [6.07, 6.45) is 2.02. The maximum atomic E-state index is 11.0. The Bertz CT molecular complexity index is 315. The number of aldehydes is 1. The lowest BCUT2D eigenvalue weighted by molar-refractivity contribution is 0.111. The molecule has 1 rings (SSSR count). The van der Waals surface area contributed by atoms with Gasteiger partial charge in [-0.2, -0.15) is 0 Å². The van der Waals surface area contributed by atoms with E-state index < -0.39 is 0 Å². The van der Waals surface area contributed by atoms with E-state index in [1.807, 2.05) is 0 Å². The van der Waals surface area contributed by atoms with Crippen molar-refractivity contribution in [3.05, 3.63) is 27.9 Å². The van der Waals surface area contributed by atoms with Crippen LogP contribution in [-0.4, -0.2) is 15.8 Å². The van der Waals surface area contributed by atoms with E-state index >= 15 is 0 Å². The summed E-state index contributed by atoms with van der Waals surface area (Å²) in [6, 6.07) is 0. The Morgan fingerprint density at radius 2 is 2.27 bits per heavy atom. The van der Waals surface area contributed by atoms with Crippen LogP contribution in [0.3, 0.4) is 0 Å². The van der Waals surface area contributed by atoms with Crippen molar-refractivity contribution < 1.29 is 4.79 Å². The quantitative estimate of drug-likeness (QED) is 0.528. The first-order valence-corrected chi connectivity index (χ1v) is 3.14. The monoisotopic (exact) mass is 152 g/mol. The van der Waals surface area contributed by atoms with Crippen molar-refractivity contribution in [2.24, 2.45) is 7.05 Å². The molecule has 0 fully saturated rings. The van der Waals surface area contributed by atoms with Crippen molar-refractivity contribution in [1.82, 2.24) is 9.55 Å². The maximum absolute atomic E-state index is 11.0. The molecular formula is C7H8N2O2. The van der Waals surface area contributed by atoms with Gasteiger partial charge in [0.05, 0.1) is 0 Å². The normalized spacial score (nSPS) is 9.64. The minimum atomic E-state index is -0.171. The van der Waals surface area contributed by atoms with E-state index in [0.717, 1.165) is 0 Å². The van der Waals surface area contributed by atoms with Crippen molar-refractivity contribution >= 4 is 6.29 Å². The first-order chi connectivity index (χ1) is 5.15. The van der Waals surface area contributed by atoms with Gasteiger partial charge in [0, 0.05) is 13.2 Å². The highest BCUT2D eigenvalue weighted by molar-refractivity contribution is 5.70. The molecule has 58 valence electrons. The number of hydrogen-bond acceptors (Lipinski definition) is 3. The summed E-state index contributed by atoms with van der Waals surface area (Å²) in [5.74, 6) is 0. The van der Waals surface area contributed by atoms with Gasteiger partial charge in [0.15, 0.2) is 6.29 Å². The van der Waals surface area contributed by atoms with Crippen molar-refractivity contribution in [1.29, 1.82) is 0 Å². The summed E-state index contributed by atoms with van der Waals surface area (Å²) >= 11 is 0. The lowest BCUT2D eigenvalue weighted by Crippen LogP contribution is -2.21. The fraction of sp³-hybridized carbons (Fsp3) is 0.286. The third-order valence-electron chi connectivity index (χ3n) is 1.37. The molecule has 1 aromatic rings. The Balaban J connectivity index is 3.43. The van der Waals surface area contributed by atoms with Crippen LogP contribution < -0.4 is 5.56 Å². The number of carbonyl (C=O) groups is 1. The van der Waals surface area contributed by atoms with Crippen LogP contribution >= 0.6 is 0 Å². The fourth-order valence-electron chi connectivity index (χ4n) is 0.839. The van der Waals surface area contributed by atoms with Crippen molar-refractivity contribution in [3.8, 4) is 0 Å². The van der Waals surface area contributed by atoms with E-state index in [-0.39, 0.29) is 11.3 Å². The van der Waals surface area contributed by atoms with Gasteiger partial charge in [-0.25, -0.2) is 4.98 Å². The van der Waals surface area contributed by atoms with Crippen LogP contribution in [0.1, 0.15) is 16.2 Å². The van der Waals surface area contributed by atoms with Crippen LogP contribution in [0.2, 0.25) is 0 Å². The van der Waals surface area contributed by atoms with Gasteiger partial charge in [-0.05, 0) is 6.92 Å². The molecule has 0 spiro atoms. The first-order valence-electron chi connectivity index (χ1n) is 3.14. The molecule has 11 heavy (non-hydrogen) atoms. The largest absolute Gasteiger partial charge is 0.315 e. The van der Waals surface area contributed by atoms with Gasteiger partial charge in [-0.15, -0.1) is 0 Å². The van der Waals surface area contributed by atoms with Gasteiger partial charge in [-0.1, -0.05) is 0 Å². The van der Waals surface area contributed by atoms with Crippen molar-refractivity contribution in [3.63, 3.8) is 0 Å². The minimum absolute atomic E-state index is 0.171. The maximum Gasteiger partial charge on any atom is 0.271 e. The molecule has 0 radical (unpaired) electrons. The molecule has 1 aromatic heterocycles. The molecule has 0 unspecified atom stereocenters. The zero-order valence-corrected chi connectivity index (χ0v) is 6.37. The Kier molecular flexibility index (Phi) is 1.85. The van der Waals surface area contributed by atoms with Crippen molar-refractivity contribution in [2.45, 2.75) is 6.92 Å². The van der Waals surface area contributed by atoms with E-state index in [0.29, 0.717) is 12.0 Å². The van der Waals surface area contributed by atoms with Crippen LogP contribution in [-0.2, 0) is 7.05 Å². The molecule has 0 aromatic carbocycles. The Hall–Kier alpha value is -1.45. The number of hydrogen-bond donors (Lipinski definition) is 0. The third-order valence-corrected chi connectivity index (χ3v) is 1.37. The first kappa shape index (κ1) is 7.65. The third kappa shape index (κ3) is 1.34. The standard InChI is InChI=1S/C7H8N2O2/c1-5-7(11)9(2)3-6(4-10)8-5/h3-4H,1-2H3. The highest BCUT2D eigenvalue weighted by Gasteiger charge is 1.99. The van der Waals surface area contributed by atoms with Crippen molar-refractivity contribution in [2.75, 3.05) is 0 Å². The number of rotatable bonds is 1. The van der Waals surface area contributed by atoms with Crippen LogP contribution in [0.15, 0.2) is 11.0 Å². The molecule has 0 saturated carbocycles. The zero-order valence-electron chi connectivity index (χ0n) is 6.37. The van der Waals surface area contributed by atoms with E-state index in [1.54, 1.807) is 14.0 Å². The molecule has 0 saturated heterocycles. The van der Waals surface area contributed by atoms with Gasteiger partial charge in [0.25, 0.3) is 5.56 Å². The second kappa shape index (κ2) is 2.65. The molecule has 0 bridgehead atoms. The van der Waals surface area contributed by atoms with E-state index in [1.165, 1.54) is 10.8 Å². The van der Waals surface area contributed by atoms with Crippen LogP contribution in [0.25, 0.3) is 0 Å². The van der Waals surface area contributed by atoms with Gasteiger partial charge >= 0.3 is 0 Å². The molecule has 0 aliphatic rings. The number of nitrogens with zero attached hydrogens (tertiary/aromatic N) is 2. The highest BCUT2D eigenvalue weighted by atomic mass is 16.1.